The lowest BCUT2D eigenvalue weighted by Gasteiger charge is -2.16. The Kier molecular flexibility index (Phi) is 3.91. The largest absolute Gasteiger partial charge is 0.362 e. The van der Waals surface area contributed by atoms with Gasteiger partial charge in [0.15, 0.2) is 0 Å². The summed E-state index contributed by atoms with van der Waals surface area (Å²) >= 11 is 18.1. The van der Waals surface area contributed by atoms with Crippen molar-refractivity contribution in [2.24, 2.45) is 0 Å². The van der Waals surface area contributed by atoms with Crippen LogP contribution in [0.25, 0.3) is 5.69 Å². The van der Waals surface area contributed by atoms with Crippen molar-refractivity contribution >= 4 is 40.6 Å². The topological polar surface area (TPSA) is 44.9 Å². The molecule has 7 heteroatoms. The van der Waals surface area contributed by atoms with Crippen molar-refractivity contribution in [3.8, 4) is 11.8 Å². The van der Waals surface area contributed by atoms with Crippen molar-refractivity contribution in [3.63, 3.8) is 0 Å². The van der Waals surface area contributed by atoms with Gasteiger partial charge >= 0.3 is 0 Å². The number of nitrogens with zero attached hydrogens (tertiary/aromatic N) is 4. The second-order valence-electron chi connectivity index (χ2n) is 3.99. The molecule has 0 atom stereocenters. The van der Waals surface area contributed by atoms with E-state index in [1.165, 1.54) is 6.20 Å². The smallest absolute Gasteiger partial charge is 0.149 e. The lowest BCUT2D eigenvalue weighted by Crippen LogP contribution is -2.15. The van der Waals surface area contributed by atoms with Crippen molar-refractivity contribution in [2.75, 3.05) is 19.0 Å². The number of nitriles is 1. The molecule has 98 valence electrons. The third kappa shape index (κ3) is 2.37. The molecule has 0 aliphatic rings. The highest BCUT2D eigenvalue weighted by molar-refractivity contribution is 6.48. The number of benzene rings is 1. The molecular weight excluding hydrogens is 307 g/mol. The van der Waals surface area contributed by atoms with E-state index in [0.717, 1.165) is 0 Å². The SMILES string of the molecule is CN(C)c1c(C#N)cnn1-c1ccc(Cl)c(Cl)c1Cl. The van der Waals surface area contributed by atoms with Crippen LogP contribution in [0.15, 0.2) is 18.3 Å². The van der Waals surface area contributed by atoms with E-state index in [9.17, 15) is 0 Å². The minimum absolute atomic E-state index is 0.263. The third-order valence-electron chi connectivity index (χ3n) is 2.53. The van der Waals surface area contributed by atoms with Crippen LogP contribution in [0.3, 0.4) is 0 Å². The van der Waals surface area contributed by atoms with E-state index >= 15 is 0 Å². The van der Waals surface area contributed by atoms with E-state index in [2.05, 4.69) is 11.2 Å². The first-order valence-corrected chi connectivity index (χ1v) is 6.40. The first-order valence-electron chi connectivity index (χ1n) is 5.26. The van der Waals surface area contributed by atoms with Crippen LogP contribution in [0.2, 0.25) is 15.1 Å². The van der Waals surface area contributed by atoms with E-state index in [-0.39, 0.29) is 5.02 Å². The van der Waals surface area contributed by atoms with Crippen molar-refractivity contribution in [3.05, 3.63) is 39.0 Å². The maximum absolute atomic E-state index is 9.09. The van der Waals surface area contributed by atoms with Gasteiger partial charge in [0.1, 0.15) is 17.5 Å². The molecule has 1 aromatic heterocycles. The van der Waals surface area contributed by atoms with E-state index in [4.69, 9.17) is 40.1 Å². The van der Waals surface area contributed by atoms with Gasteiger partial charge < -0.3 is 4.90 Å². The monoisotopic (exact) mass is 314 g/mol. The van der Waals surface area contributed by atoms with Crippen molar-refractivity contribution < 1.29 is 0 Å². The van der Waals surface area contributed by atoms with Crippen LogP contribution >= 0.6 is 34.8 Å². The Hall–Kier alpha value is -1.41. The predicted octanol–water partition coefficient (Wildman–Crippen LogP) is 3.77. The Labute approximate surface area is 125 Å². The Morgan fingerprint density at radius 3 is 2.47 bits per heavy atom. The number of hydrogen-bond donors (Lipinski definition) is 0. The number of hydrogen-bond acceptors (Lipinski definition) is 3. The highest BCUT2D eigenvalue weighted by atomic mass is 35.5. The fourth-order valence-corrected chi connectivity index (χ4v) is 2.32. The summed E-state index contributed by atoms with van der Waals surface area (Å²) in [5.41, 5.74) is 1.02. The van der Waals surface area contributed by atoms with Gasteiger partial charge in [0.2, 0.25) is 0 Å². The summed E-state index contributed by atoms with van der Waals surface area (Å²) in [5.74, 6) is 0.628. The quantitative estimate of drug-likeness (QED) is 0.792. The molecule has 0 spiro atoms. The Balaban J connectivity index is 2.71. The Morgan fingerprint density at radius 1 is 1.21 bits per heavy atom. The molecule has 0 saturated heterocycles. The van der Waals surface area contributed by atoms with E-state index in [1.807, 2.05) is 14.1 Å². The first kappa shape index (κ1) is 14.0. The molecule has 0 N–H and O–H groups in total. The fourth-order valence-electron chi connectivity index (χ4n) is 1.71. The highest BCUT2D eigenvalue weighted by Gasteiger charge is 2.18. The van der Waals surface area contributed by atoms with Crippen LogP contribution in [-0.2, 0) is 0 Å². The van der Waals surface area contributed by atoms with Crippen LogP contribution in [-0.4, -0.2) is 23.9 Å². The third-order valence-corrected chi connectivity index (χ3v) is 3.81. The zero-order chi connectivity index (χ0) is 14.2. The van der Waals surface area contributed by atoms with Crippen LogP contribution in [0.5, 0.6) is 0 Å². The maximum atomic E-state index is 9.09. The van der Waals surface area contributed by atoms with Gasteiger partial charge in [-0.1, -0.05) is 34.8 Å². The van der Waals surface area contributed by atoms with Gasteiger partial charge in [-0.25, -0.2) is 4.68 Å². The molecule has 2 aromatic rings. The zero-order valence-electron chi connectivity index (χ0n) is 10.2. The van der Waals surface area contributed by atoms with Gasteiger partial charge in [0, 0.05) is 14.1 Å². The van der Waals surface area contributed by atoms with Gasteiger partial charge in [0.25, 0.3) is 0 Å². The van der Waals surface area contributed by atoms with E-state index < -0.39 is 0 Å². The van der Waals surface area contributed by atoms with Crippen LogP contribution in [0.1, 0.15) is 5.56 Å². The molecule has 0 saturated carbocycles. The average molecular weight is 316 g/mol. The summed E-state index contributed by atoms with van der Waals surface area (Å²) in [7, 11) is 3.64. The normalized spacial score (nSPS) is 10.3. The second-order valence-corrected chi connectivity index (χ2v) is 5.16. The summed E-state index contributed by atoms with van der Waals surface area (Å²) in [6.45, 7) is 0. The lowest BCUT2D eigenvalue weighted by molar-refractivity contribution is 0.854. The van der Waals surface area contributed by atoms with Gasteiger partial charge in [-0.15, -0.1) is 0 Å². The van der Waals surface area contributed by atoms with Gasteiger partial charge in [-0.3, -0.25) is 0 Å². The van der Waals surface area contributed by atoms with E-state index in [1.54, 1.807) is 21.7 Å². The van der Waals surface area contributed by atoms with E-state index in [0.29, 0.717) is 27.1 Å². The maximum Gasteiger partial charge on any atom is 0.149 e. The average Bonchev–Trinajstić information content (AvgIpc) is 2.80. The molecule has 0 fully saturated rings. The number of anilines is 1. The molecule has 0 aliphatic carbocycles. The molecule has 0 amide bonds. The number of aromatic nitrogens is 2. The summed E-state index contributed by atoms with van der Waals surface area (Å²) in [4.78, 5) is 1.78. The molecule has 0 unspecified atom stereocenters. The Bertz CT molecular complexity index is 670. The molecule has 2 rings (SSSR count). The molecule has 1 heterocycles. The summed E-state index contributed by atoms with van der Waals surface area (Å²) < 4.78 is 1.56. The molecule has 1 aromatic carbocycles. The second kappa shape index (κ2) is 5.30. The van der Waals surface area contributed by atoms with Crippen molar-refractivity contribution in [2.45, 2.75) is 0 Å². The molecule has 4 nitrogen and oxygen atoms in total. The molecule has 0 bridgehead atoms. The molecule has 0 aliphatic heterocycles. The van der Waals surface area contributed by atoms with Gasteiger partial charge in [-0.2, -0.15) is 10.4 Å². The van der Waals surface area contributed by atoms with Crippen LogP contribution in [0, 0.1) is 11.3 Å². The van der Waals surface area contributed by atoms with Gasteiger partial charge in [0.05, 0.1) is 27.0 Å². The molecule has 19 heavy (non-hydrogen) atoms. The Morgan fingerprint density at radius 2 is 1.89 bits per heavy atom. The summed E-state index contributed by atoms with van der Waals surface area (Å²) in [6, 6.07) is 5.43. The van der Waals surface area contributed by atoms with Crippen LogP contribution < -0.4 is 4.90 Å². The fraction of sp³-hybridized carbons (Fsp3) is 0.167. The number of halogens is 3. The predicted molar refractivity (Wildman–Crippen MR) is 77.6 cm³/mol. The summed E-state index contributed by atoms with van der Waals surface area (Å²) in [6.07, 6.45) is 1.48. The minimum atomic E-state index is 0.263. The molecular formula is C12H9Cl3N4. The van der Waals surface area contributed by atoms with Crippen LogP contribution in [0.4, 0.5) is 5.82 Å². The standard InChI is InChI=1S/C12H9Cl3N4/c1-18(2)12-7(5-16)6-17-19(12)9-4-3-8(13)10(14)11(9)15/h3-4,6H,1-2H3. The summed E-state index contributed by atoms with van der Waals surface area (Å²) in [5, 5.41) is 14.2. The lowest BCUT2D eigenvalue weighted by atomic mass is 10.3. The molecule has 0 radical (unpaired) electrons. The number of rotatable bonds is 2. The van der Waals surface area contributed by atoms with Crippen molar-refractivity contribution in [1.29, 1.82) is 5.26 Å². The minimum Gasteiger partial charge on any atom is -0.362 e. The van der Waals surface area contributed by atoms with Crippen molar-refractivity contribution in [1.82, 2.24) is 9.78 Å². The zero-order valence-corrected chi connectivity index (χ0v) is 12.4. The first-order chi connectivity index (χ1) is 8.97. The van der Waals surface area contributed by atoms with Gasteiger partial charge in [-0.05, 0) is 12.1 Å². The highest BCUT2D eigenvalue weighted by Crippen LogP contribution is 2.36.